The topological polar surface area (TPSA) is 78.0 Å². The summed E-state index contributed by atoms with van der Waals surface area (Å²) in [6.07, 6.45) is 5.41. The molecule has 1 heterocycles. The van der Waals surface area contributed by atoms with Crippen LogP contribution in [0.4, 0.5) is 5.95 Å². The van der Waals surface area contributed by atoms with E-state index < -0.39 is 15.3 Å². The van der Waals surface area contributed by atoms with Crippen LogP contribution in [0.5, 0.6) is 0 Å². The van der Waals surface area contributed by atoms with Gasteiger partial charge in [-0.1, -0.05) is 62.2 Å². The lowest BCUT2D eigenvalue weighted by molar-refractivity contribution is 0.580. The van der Waals surface area contributed by atoms with Crippen molar-refractivity contribution < 1.29 is 8.42 Å². The van der Waals surface area contributed by atoms with Crippen molar-refractivity contribution in [3.63, 3.8) is 0 Å². The predicted octanol–water partition coefficient (Wildman–Crippen LogP) is 4.83. The van der Waals surface area contributed by atoms with Crippen LogP contribution in [-0.4, -0.2) is 22.6 Å². The number of aromatic nitrogens is 2. The Morgan fingerprint density at radius 3 is 2.50 bits per heavy atom. The van der Waals surface area contributed by atoms with Gasteiger partial charge in [0, 0.05) is 0 Å². The number of unbranched alkanes of at least 4 members (excludes halogenated alkanes) is 2. The molecule has 3 rings (SSSR count). The van der Waals surface area contributed by atoms with Crippen molar-refractivity contribution in [3.05, 3.63) is 65.7 Å². The summed E-state index contributed by atoms with van der Waals surface area (Å²) in [5, 5.41) is -0.593. The molecule has 0 radical (unpaired) electrons. The maximum Gasteiger partial charge on any atom is 0.244 e. The first-order valence-corrected chi connectivity index (χ1v) is 11.1. The number of nitrogens with zero attached hydrogens (tertiary/aromatic N) is 2. The fraction of sp³-hybridized carbons (Fsp3) is 0.318. The third-order valence-electron chi connectivity index (χ3n) is 4.79. The molecule has 0 aliphatic heterocycles. The van der Waals surface area contributed by atoms with Crippen molar-refractivity contribution in [2.24, 2.45) is 0 Å². The molecule has 0 spiro atoms. The van der Waals surface area contributed by atoms with E-state index in [9.17, 15) is 8.42 Å². The van der Waals surface area contributed by atoms with Crippen molar-refractivity contribution in [1.29, 1.82) is 0 Å². The molecular formula is C22H27N3O2S. The Kier molecular flexibility index (Phi) is 5.89. The second-order valence-electron chi connectivity index (χ2n) is 7.16. The van der Waals surface area contributed by atoms with Gasteiger partial charge in [-0.2, -0.15) is 0 Å². The van der Waals surface area contributed by atoms with Crippen molar-refractivity contribution in [1.82, 2.24) is 8.96 Å². The van der Waals surface area contributed by atoms with Crippen LogP contribution < -0.4 is 5.73 Å². The Hall–Kier alpha value is -2.60. The smallest absolute Gasteiger partial charge is 0.244 e. The number of rotatable bonds is 7. The van der Waals surface area contributed by atoms with E-state index in [1.165, 1.54) is 3.97 Å². The van der Waals surface area contributed by atoms with Gasteiger partial charge in [0.15, 0.2) is 0 Å². The number of hydrogen-bond acceptors (Lipinski definition) is 4. The first-order valence-electron chi connectivity index (χ1n) is 9.64. The fourth-order valence-corrected chi connectivity index (χ4v) is 4.33. The van der Waals surface area contributed by atoms with Gasteiger partial charge in [-0.25, -0.2) is 17.4 Å². The van der Waals surface area contributed by atoms with Crippen molar-refractivity contribution in [2.45, 2.75) is 45.3 Å². The van der Waals surface area contributed by atoms with Crippen LogP contribution in [0.15, 0.2) is 54.6 Å². The maximum atomic E-state index is 12.8. The van der Waals surface area contributed by atoms with Crippen LogP contribution in [0.25, 0.3) is 16.6 Å². The van der Waals surface area contributed by atoms with Crippen LogP contribution in [-0.2, 0) is 10.0 Å². The molecule has 0 fully saturated rings. The highest BCUT2D eigenvalue weighted by molar-refractivity contribution is 7.90. The number of nitrogen functional groups attached to an aromatic ring is 1. The summed E-state index contributed by atoms with van der Waals surface area (Å²) in [4.78, 5) is 4.25. The third kappa shape index (κ3) is 3.83. The van der Waals surface area contributed by atoms with Crippen molar-refractivity contribution in [2.75, 3.05) is 5.73 Å². The Labute approximate surface area is 167 Å². The summed E-state index contributed by atoms with van der Waals surface area (Å²) in [5.41, 5.74) is 10.2. The first kappa shape index (κ1) is 20.1. The Balaban J connectivity index is 2.20. The number of nitrogens with two attached hydrogens (primary N) is 1. The third-order valence-corrected chi connectivity index (χ3v) is 6.87. The molecule has 0 aliphatic rings. The van der Waals surface area contributed by atoms with Gasteiger partial charge in [0.05, 0.1) is 16.3 Å². The molecule has 2 aromatic carbocycles. The lowest BCUT2D eigenvalue weighted by Gasteiger charge is -2.13. The quantitative estimate of drug-likeness (QED) is 0.579. The van der Waals surface area contributed by atoms with Gasteiger partial charge in [-0.05, 0) is 49.1 Å². The van der Waals surface area contributed by atoms with E-state index in [2.05, 4.69) is 30.1 Å². The normalized spacial score (nSPS) is 12.8. The first-order chi connectivity index (χ1) is 13.4. The van der Waals surface area contributed by atoms with Crippen LogP contribution in [0, 0.1) is 0 Å². The SMILES string of the molecule is CCCCC=C(c1ccccc1)c1ccc2nc(N)n(S(=O)(=O)C(C)C)c2c1. The Bertz CT molecular complexity index is 1100. The molecule has 0 amide bonds. The van der Waals surface area contributed by atoms with E-state index in [1.54, 1.807) is 13.8 Å². The van der Waals surface area contributed by atoms with Gasteiger partial charge in [0.25, 0.3) is 0 Å². The molecule has 148 valence electrons. The molecule has 0 aliphatic carbocycles. The van der Waals surface area contributed by atoms with Gasteiger partial charge >= 0.3 is 0 Å². The molecule has 0 unspecified atom stereocenters. The van der Waals surface area contributed by atoms with Gasteiger partial charge in [0.1, 0.15) is 0 Å². The average Bonchev–Trinajstić information content (AvgIpc) is 3.01. The number of allylic oxidation sites excluding steroid dienone is 1. The molecular weight excluding hydrogens is 370 g/mol. The van der Waals surface area contributed by atoms with Crippen LogP contribution in [0.3, 0.4) is 0 Å². The second-order valence-corrected chi connectivity index (χ2v) is 9.50. The monoisotopic (exact) mass is 397 g/mol. The van der Waals surface area contributed by atoms with Gasteiger partial charge in [0.2, 0.25) is 16.0 Å². The number of anilines is 1. The van der Waals surface area contributed by atoms with E-state index in [4.69, 9.17) is 5.73 Å². The highest BCUT2D eigenvalue weighted by Gasteiger charge is 2.24. The summed E-state index contributed by atoms with van der Waals surface area (Å²) in [6.45, 7) is 5.45. The van der Waals surface area contributed by atoms with Crippen LogP contribution in [0.2, 0.25) is 0 Å². The summed E-state index contributed by atoms with van der Waals surface area (Å²) in [5.74, 6) is -0.00271. The molecule has 1 aromatic heterocycles. The van der Waals surface area contributed by atoms with Crippen LogP contribution in [0.1, 0.15) is 51.2 Å². The fourth-order valence-electron chi connectivity index (χ4n) is 3.19. The van der Waals surface area contributed by atoms with E-state index in [0.29, 0.717) is 11.0 Å². The zero-order valence-electron chi connectivity index (χ0n) is 16.6. The Morgan fingerprint density at radius 2 is 1.86 bits per heavy atom. The zero-order valence-corrected chi connectivity index (χ0v) is 17.4. The summed E-state index contributed by atoms with van der Waals surface area (Å²) >= 11 is 0. The number of fused-ring (bicyclic) bond motifs is 1. The molecule has 6 heteroatoms. The average molecular weight is 398 g/mol. The zero-order chi connectivity index (χ0) is 20.3. The van der Waals surface area contributed by atoms with Gasteiger partial charge < -0.3 is 5.73 Å². The Morgan fingerprint density at radius 1 is 1.14 bits per heavy atom. The summed E-state index contributed by atoms with van der Waals surface area (Å²) < 4.78 is 26.8. The number of imidazole rings is 1. The highest BCUT2D eigenvalue weighted by Crippen LogP contribution is 2.29. The molecule has 28 heavy (non-hydrogen) atoms. The molecule has 2 N–H and O–H groups in total. The number of hydrogen-bond donors (Lipinski definition) is 1. The van der Waals surface area contributed by atoms with E-state index >= 15 is 0 Å². The lowest BCUT2D eigenvalue weighted by Crippen LogP contribution is -2.23. The largest absolute Gasteiger partial charge is 0.368 e. The predicted molar refractivity (Wildman–Crippen MR) is 117 cm³/mol. The molecule has 0 saturated carbocycles. The van der Waals surface area contributed by atoms with E-state index in [-0.39, 0.29) is 5.95 Å². The van der Waals surface area contributed by atoms with Gasteiger partial charge in [-0.15, -0.1) is 0 Å². The summed E-state index contributed by atoms with van der Waals surface area (Å²) in [6, 6.07) is 15.8. The molecule has 5 nitrogen and oxygen atoms in total. The number of benzene rings is 2. The molecule has 0 atom stereocenters. The lowest BCUT2D eigenvalue weighted by atomic mass is 9.96. The van der Waals surface area contributed by atoms with Crippen molar-refractivity contribution >= 4 is 32.6 Å². The van der Waals surface area contributed by atoms with Crippen LogP contribution >= 0.6 is 0 Å². The van der Waals surface area contributed by atoms with Gasteiger partial charge in [-0.3, -0.25) is 0 Å². The minimum absolute atomic E-state index is 0.00271. The standard InChI is InChI=1S/C22H27N3O2S/c1-4-5-7-12-19(17-10-8-6-9-11-17)18-13-14-20-21(15-18)25(22(23)24-20)28(26,27)16(2)3/h6,8-16H,4-5,7H2,1-3H3,(H2,23,24). The van der Waals surface area contributed by atoms with Crippen molar-refractivity contribution in [3.8, 4) is 0 Å². The highest BCUT2D eigenvalue weighted by atomic mass is 32.2. The molecule has 0 saturated heterocycles. The van der Waals surface area contributed by atoms with E-state index in [0.717, 1.165) is 36.0 Å². The second kappa shape index (κ2) is 8.19. The molecule has 0 bridgehead atoms. The summed E-state index contributed by atoms with van der Waals surface area (Å²) in [7, 11) is -3.61. The maximum absolute atomic E-state index is 12.8. The minimum Gasteiger partial charge on any atom is -0.368 e. The molecule has 3 aromatic rings. The van der Waals surface area contributed by atoms with E-state index in [1.807, 2.05) is 36.4 Å². The minimum atomic E-state index is -3.61.